The van der Waals surface area contributed by atoms with Crippen LogP contribution in [-0.4, -0.2) is 35.1 Å². The second kappa shape index (κ2) is 4.29. The number of carbonyl (C=O) groups excluding carboxylic acids is 1. The van der Waals surface area contributed by atoms with E-state index in [-0.39, 0.29) is 17.9 Å². The minimum Gasteiger partial charge on any atom is -0.393 e. The van der Waals surface area contributed by atoms with Crippen LogP contribution in [0.2, 0.25) is 0 Å². The molecule has 0 spiro atoms. The molecule has 3 heteroatoms. The molecule has 0 bridgehead atoms. The van der Waals surface area contributed by atoms with Crippen LogP contribution >= 0.6 is 0 Å². The van der Waals surface area contributed by atoms with Gasteiger partial charge in [-0.05, 0) is 25.2 Å². The van der Waals surface area contributed by atoms with Crippen LogP contribution in [0.5, 0.6) is 0 Å². The SMILES string of the molecule is CC#CC(=O)N1CCC(O)C(C)C1. The summed E-state index contributed by atoms with van der Waals surface area (Å²) >= 11 is 0. The van der Waals surface area contributed by atoms with Crippen molar-refractivity contribution in [1.82, 2.24) is 4.90 Å². The molecular formula is C10H15NO2. The van der Waals surface area contributed by atoms with Gasteiger partial charge in [-0.3, -0.25) is 4.79 Å². The van der Waals surface area contributed by atoms with Crippen LogP contribution in [0.1, 0.15) is 20.3 Å². The van der Waals surface area contributed by atoms with E-state index < -0.39 is 0 Å². The van der Waals surface area contributed by atoms with Crippen LogP contribution in [0.15, 0.2) is 0 Å². The number of piperidine rings is 1. The monoisotopic (exact) mass is 181 g/mol. The van der Waals surface area contributed by atoms with E-state index >= 15 is 0 Å². The van der Waals surface area contributed by atoms with Gasteiger partial charge in [-0.25, -0.2) is 0 Å². The Kier molecular flexibility index (Phi) is 3.32. The third kappa shape index (κ3) is 2.46. The smallest absolute Gasteiger partial charge is 0.298 e. The van der Waals surface area contributed by atoms with Crippen LogP contribution in [0.25, 0.3) is 0 Å². The van der Waals surface area contributed by atoms with E-state index in [9.17, 15) is 9.90 Å². The Morgan fingerprint density at radius 2 is 2.31 bits per heavy atom. The molecule has 1 aliphatic rings. The molecule has 1 heterocycles. The first-order valence-corrected chi connectivity index (χ1v) is 4.55. The van der Waals surface area contributed by atoms with Crippen LogP contribution in [0.4, 0.5) is 0 Å². The number of amides is 1. The molecule has 1 aliphatic heterocycles. The highest BCUT2D eigenvalue weighted by Gasteiger charge is 2.26. The van der Waals surface area contributed by atoms with Gasteiger partial charge in [0.2, 0.25) is 0 Å². The molecule has 0 radical (unpaired) electrons. The fourth-order valence-electron chi connectivity index (χ4n) is 1.50. The van der Waals surface area contributed by atoms with Gasteiger partial charge in [-0.1, -0.05) is 12.8 Å². The van der Waals surface area contributed by atoms with Crippen molar-refractivity contribution in [3.8, 4) is 11.8 Å². The maximum Gasteiger partial charge on any atom is 0.298 e. The Labute approximate surface area is 78.7 Å². The van der Waals surface area contributed by atoms with Gasteiger partial charge in [0, 0.05) is 13.1 Å². The summed E-state index contributed by atoms with van der Waals surface area (Å²) < 4.78 is 0. The van der Waals surface area contributed by atoms with Crippen molar-refractivity contribution in [2.75, 3.05) is 13.1 Å². The molecule has 72 valence electrons. The first kappa shape index (κ1) is 10.1. The summed E-state index contributed by atoms with van der Waals surface area (Å²) in [6, 6.07) is 0. The highest BCUT2D eigenvalue weighted by atomic mass is 16.3. The second-order valence-electron chi connectivity index (χ2n) is 3.46. The summed E-state index contributed by atoms with van der Waals surface area (Å²) in [5.74, 6) is 5.13. The zero-order chi connectivity index (χ0) is 9.84. The number of hydrogen-bond donors (Lipinski definition) is 1. The van der Waals surface area contributed by atoms with E-state index in [0.717, 1.165) is 0 Å². The minimum absolute atomic E-state index is 0.124. The van der Waals surface area contributed by atoms with Crippen LogP contribution in [-0.2, 0) is 4.79 Å². The highest BCUT2D eigenvalue weighted by molar-refractivity contribution is 5.93. The fraction of sp³-hybridized carbons (Fsp3) is 0.700. The topological polar surface area (TPSA) is 40.5 Å². The van der Waals surface area contributed by atoms with Gasteiger partial charge in [-0.15, -0.1) is 0 Å². The second-order valence-corrected chi connectivity index (χ2v) is 3.46. The van der Waals surface area contributed by atoms with Crippen molar-refractivity contribution in [1.29, 1.82) is 0 Å². The third-order valence-corrected chi connectivity index (χ3v) is 2.38. The lowest BCUT2D eigenvalue weighted by atomic mass is 9.97. The first-order chi connectivity index (χ1) is 6.15. The predicted molar refractivity (Wildman–Crippen MR) is 49.8 cm³/mol. The minimum atomic E-state index is -0.265. The Bertz CT molecular complexity index is 251. The van der Waals surface area contributed by atoms with E-state index in [4.69, 9.17) is 0 Å². The van der Waals surface area contributed by atoms with Gasteiger partial charge in [-0.2, -0.15) is 0 Å². The zero-order valence-corrected chi connectivity index (χ0v) is 8.08. The van der Waals surface area contributed by atoms with Crippen molar-refractivity contribution in [3.63, 3.8) is 0 Å². The lowest BCUT2D eigenvalue weighted by Gasteiger charge is -2.33. The van der Waals surface area contributed by atoms with Gasteiger partial charge in [0.1, 0.15) is 0 Å². The van der Waals surface area contributed by atoms with E-state index in [2.05, 4.69) is 11.8 Å². The van der Waals surface area contributed by atoms with Gasteiger partial charge in [0.15, 0.2) is 0 Å². The summed E-state index contributed by atoms with van der Waals surface area (Å²) in [6.45, 7) is 4.84. The molecule has 13 heavy (non-hydrogen) atoms. The molecule has 0 aromatic heterocycles. The number of rotatable bonds is 0. The maximum atomic E-state index is 11.3. The number of aliphatic hydroxyl groups is 1. The van der Waals surface area contributed by atoms with Crippen molar-refractivity contribution in [2.45, 2.75) is 26.4 Å². The van der Waals surface area contributed by atoms with Gasteiger partial charge >= 0.3 is 0 Å². The number of carbonyl (C=O) groups is 1. The van der Waals surface area contributed by atoms with E-state index in [1.807, 2.05) is 6.92 Å². The summed E-state index contributed by atoms with van der Waals surface area (Å²) in [6.07, 6.45) is 0.400. The lowest BCUT2D eigenvalue weighted by molar-refractivity contribution is -0.128. The maximum absolute atomic E-state index is 11.3. The first-order valence-electron chi connectivity index (χ1n) is 4.55. The van der Waals surface area contributed by atoms with Crippen molar-refractivity contribution >= 4 is 5.91 Å². The molecule has 1 rings (SSSR count). The fourth-order valence-corrected chi connectivity index (χ4v) is 1.50. The van der Waals surface area contributed by atoms with Gasteiger partial charge in [0.25, 0.3) is 5.91 Å². The van der Waals surface area contributed by atoms with Crippen molar-refractivity contribution < 1.29 is 9.90 Å². The summed E-state index contributed by atoms with van der Waals surface area (Å²) in [7, 11) is 0. The van der Waals surface area contributed by atoms with Crippen molar-refractivity contribution in [3.05, 3.63) is 0 Å². The standard InChI is InChI=1S/C10H15NO2/c1-3-4-10(13)11-6-5-9(12)8(2)7-11/h8-9,12H,5-7H2,1-2H3. The average Bonchev–Trinajstić information content (AvgIpc) is 2.10. The predicted octanol–water partition coefficient (Wildman–Crippen LogP) is 0.239. The third-order valence-electron chi connectivity index (χ3n) is 2.38. The number of likely N-dealkylation sites (tertiary alicyclic amines) is 1. The van der Waals surface area contributed by atoms with Crippen molar-refractivity contribution in [2.24, 2.45) is 5.92 Å². The number of aliphatic hydroxyl groups excluding tert-OH is 1. The molecule has 0 aromatic rings. The molecule has 1 N–H and O–H groups in total. The molecular weight excluding hydrogens is 166 g/mol. The Morgan fingerprint density at radius 1 is 1.62 bits per heavy atom. The Hall–Kier alpha value is -1.01. The molecule has 0 saturated carbocycles. The van der Waals surface area contributed by atoms with Crippen LogP contribution in [0, 0.1) is 17.8 Å². The molecule has 0 aliphatic carbocycles. The largest absolute Gasteiger partial charge is 0.393 e. The summed E-state index contributed by atoms with van der Waals surface area (Å²) in [5, 5.41) is 9.43. The quantitative estimate of drug-likeness (QED) is 0.544. The summed E-state index contributed by atoms with van der Waals surface area (Å²) in [4.78, 5) is 13.0. The van der Waals surface area contributed by atoms with E-state index in [0.29, 0.717) is 19.5 Å². The molecule has 1 fully saturated rings. The highest BCUT2D eigenvalue weighted by Crippen LogP contribution is 2.16. The average molecular weight is 181 g/mol. The molecule has 1 saturated heterocycles. The van der Waals surface area contributed by atoms with Crippen LogP contribution < -0.4 is 0 Å². The Morgan fingerprint density at radius 3 is 2.85 bits per heavy atom. The normalized spacial score (nSPS) is 27.8. The molecule has 2 atom stereocenters. The number of hydrogen-bond acceptors (Lipinski definition) is 2. The van der Waals surface area contributed by atoms with Gasteiger partial charge < -0.3 is 10.0 Å². The number of nitrogens with zero attached hydrogens (tertiary/aromatic N) is 1. The zero-order valence-electron chi connectivity index (χ0n) is 8.08. The molecule has 0 aromatic carbocycles. The molecule has 1 amide bonds. The molecule has 2 unspecified atom stereocenters. The van der Waals surface area contributed by atoms with Crippen LogP contribution in [0.3, 0.4) is 0 Å². The van der Waals surface area contributed by atoms with Gasteiger partial charge in [0.05, 0.1) is 6.10 Å². The van der Waals surface area contributed by atoms with E-state index in [1.54, 1.807) is 11.8 Å². The lowest BCUT2D eigenvalue weighted by Crippen LogP contribution is -2.44. The molecule has 3 nitrogen and oxygen atoms in total. The summed E-state index contributed by atoms with van der Waals surface area (Å²) in [5.41, 5.74) is 0. The Balaban J connectivity index is 2.53. The van der Waals surface area contributed by atoms with E-state index in [1.165, 1.54) is 0 Å².